The van der Waals surface area contributed by atoms with Crippen LogP contribution < -0.4 is 5.73 Å². The van der Waals surface area contributed by atoms with E-state index in [4.69, 9.17) is 5.73 Å². The summed E-state index contributed by atoms with van der Waals surface area (Å²) in [6.45, 7) is 6.39. The standard InChI is InChI=1S/C15H19N3OS/c1-10(2)18(8-12-6-4-5-7-13(12)16)15(19)14-11(3)17-9-20-14/h4-7,9-10H,8,16H2,1-3H3. The summed E-state index contributed by atoms with van der Waals surface area (Å²) in [4.78, 5) is 19.3. The fraction of sp³-hybridized carbons (Fsp3) is 0.333. The highest BCUT2D eigenvalue weighted by Gasteiger charge is 2.22. The molecule has 106 valence electrons. The summed E-state index contributed by atoms with van der Waals surface area (Å²) in [7, 11) is 0. The number of nitrogens with two attached hydrogens (primary N) is 1. The lowest BCUT2D eigenvalue weighted by atomic mass is 10.1. The average Bonchev–Trinajstić information content (AvgIpc) is 2.83. The van der Waals surface area contributed by atoms with Gasteiger partial charge in [-0.2, -0.15) is 0 Å². The number of hydrogen-bond donors (Lipinski definition) is 1. The van der Waals surface area contributed by atoms with Gasteiger partial charge in [-0.25, -0.2) is 4.98 Å². The predicted octanol–water partition coefficient (Wildman–Crippen LogP) is 3.08. The number of thiazole rings is 1. The largest absolute Gasteiger partial charge is 0.398 e. The van der Waals surface area contributed by atoms with Crippen molar-refractivity contribution in [3.63, 3.8) is 0 Å². The number of nitrogens with zero attached hydrogens (tertiary/aromatic N) is 2. The van der Waals surface area contributed by atoms with Gasteiger partial charge < -0.3 is 10.6 Å². The minimum absolute atomic E-state index is 0.0169. The molecule has 0 unspecified atom stereocenters. The van der Waals surface area contributed by atoms with E-state index in [-0.39, 0.29) is 11.9 Å². The summed E-state index contributed by atoms with van der Waals surface area (Å²) in [6, 6.07) is 7.75. The highest BCUT2D eigenvalue weighted by atomic mass is 32.1. The molecule has 2 N–H and O–H groups in total. The molecule has 20 heavy (non-hydrogen) atoms. The molecule has 0 saturated carbocycles. The van der Waals surface area contributed by atoms with Crippen LogP contribution in [-0.4, -0.2) is 21.8 Å². The zero-order valence-electron chi connectivity index (χ0n) is 12.0. The first-order valence-electron chi connectivity index (χ1n) is 6.55. The molecule has 5 heteroatoms. The molecule has 0 radical (unpaired) electrons. The average molecular weight is 289 g/mol. The molecule has 0 aliphatic rings. The smallest absolute Gasteiger partial charge is 0.266 e. The number of rotatable bonds is 4. The van der Waals surface area contributed by atoms with E-state index in [0.29, 0.717) is 17.1 Å². The van der Waals surface area contributed by atoms with Gasteiger partial charge in [0.1, 0.15) is 4.88 Å². The fourth-order valence-electron chi connectivity index (χ4n) is 1.99. The zero-order valence-corrected chi connectivity index (χ0v) is 12.8. The van der Waals surface area contributed by atoms with Gasteiger partial charge in [0.2, 0.25) is 0 Å². The molecule has 0 atom stereocenters. The van der Waals surface area contributed by atoms with Crippen LogP contribution in [0.1, 0.15) is 34.8 Å². The molecule has 0 aliphatic carbocycles. The third-order valence-electron chi connectivity index (χ3n) is 3.22. The molecule has 1 aromatic heterocycles. The summed E-state index contributed by atoms with van der Waals surface area (Å²) < 4.78 is 0. The van der Waals surface area contributed by atoms with E-state index in [9.17, 15) is 4.79 Å². The highest BCUT2D eigenvalue weighted by Crippen LogP contribution is 2.21. The molecule has 1 heterocycles. The van der Waals surface area contributed by atoms with Gasteiger partial charge in [-0.05, 0) is 32.4 Å². The Hall–Kier alpha value is -1.88. The Morgan fingerprint density at radius 2 is 2.10 bits per heavy atom. The molecule has 4 nitrogen and oxygen atoms in total. The summed E-state index contributed by atoms with van der Waals surface area (Å²) in [5.74, 6) is 0.0169. The minimum atomic E-state index is 0.0169. The van der Waals surface area contributed by atoms with Gasteiger partial charge in [-0.3, -0.25) is 4.79 Å². The van der Waals surface area contributed by atoms with Crippen LogP contribution in [0.3, 0.4) is 0 Å². The molecule has 0 saturated heterocycles. The first-order valence-corrected chi connectivity index (χ1v) is 7.43. The van der Waals surface area contributed by atoms with E-state index in [2.05, 4.69) is 4.98 Å². The SMILES string of the molecule is Cc1ncsc1C(=O)N(Cc1ccccc1N)C(C)C. The van der Waals surface area contributed by atoms with Crippen LogP contribution in [0, 0.1) is 6.92 Å². The van der Waals surface area contributed by atoms with Crippen molar-refractivity contribution in [2.24, 2.45) is 0 Å². The van der Waals surface area contributed by atoms with Gasteiger partial charge in [0.15, 0.2) is 0 Å². The molecular formula is C15H19N3OS. The predicted molar refractivity (Wildman–Crippen MR) is 82.7 cm³/mol. The lowest BCUT2D eigenvalue weighted by Crippen LogP contribution is -2.36. The number of anilines is 1. The quantitative estimate of drug-likeness (QED) is 0.880. The second kappa shape index (κ2) is 6.05. The molecule has 1 aromatic carbocycles. The first kappa shape index (κ1) is 14.5. The number of carbonyl (C=O) groups is 1. The molecular weight excluding hydrogens is 270 g/mol. The highest BCUT2D eigenvalue weighted by molar-refractivity contribution is 7.11. The van der Waals surface area contributed by atoms with Crippen LogP contribution >= 0.6 is 11.3 Å². The Kier molecular flexibility index (Phi) is 4.39. The Morgan fingerprint density at radius 3 is 2.65 bits per heavy atom. The Morgan fingerprint density at radius 1 is 1.40 bits per heavy atom. The van der Waals surface area contributed by atoms with Gasteiger partial charge in [-0.1, -0.05) is 18.2 Å². The van der Waals surface area contributed by atoms with E-state index in [1.807, 2.05) is 49.9 Å². The summed E-state index contributed by atoms with van der Waals surface area (Å²) in [6.07, 6.45) is 0. The lowest BCUT2D eigenvalue weighted by molar-refractivity contribution is 0.0695. The van der Waals surface area contributed by atoms with Crippen molar-refractivity contribution in [3.05, 3.63) is 45.9 Å². The van der Waals surface area contributed by atoms with E-state index >= 15 is 0 Å². The first-order chi connectivity index (χ1) is 9.50. The van der Waals surface area contributed by atoms with E-state index in [1.54, 1.807) is 5.51 Å². The number of aryl methyl sites for hydroxylation is 1. The molecule has 2 rings (SSSR count). The van der Waals surface area contributed by atoms with Crippen LogP contribution in [0.25, 0.3) is 0 Å². The van der Waals surface area contributed by atoms with Gasteiger partial charge in [0, 0.05) is 18.3 Å². The van der Waals surface area contributed by atoms with E-state index in [1.165, 1.54) is 11.3 Å². The minimum Gasteiger partial charge on any atom is -0.398 e. The molecule has 0 aliphatic heterocycles. The zero-order chi connectivity index (χ0) is 14.7. The van der Waals surface area contributed by atoms with Crippen molar-refractivity contribution in [2.45, 2.75) is 33.4 Å². The maximum absolute atomic E-state index is 12.6. The normalized spacial score (nSPS) is 10.8. The third-order valence-corrected chi connectivity index (χ3v) is 4.14. The number of aromatic nitrogens is 1. The molecule has 2 aromatic rings. The molecule has 0 fully saturated rings. The fourth-order valence-corrected chi connectivity index (χ4v) is 2.75. The van der Waals surface area contributed by atoms with Crippen LogP contribution in [0.4, 0.5) is 5.69 Å². The van der Waals surface area contributed by atoms with Crippen molar-refractivity contribution in [1.82, 2.24) is 9.88 Å². The third kappa shape index (κ3) is 2.99. The van der Waals surface area contributed by atoms with Gasteiger partial charge in [0.05, 0.1) is 11.2 Å². The number of carbonyl (C=O) groups excluding carboxylic acids is 1. The van der Waals surface area contributed by atoms with Crippen molar-refractivity contribution in [3.8, 4) is 0 Å². The molecule has 0 bridgehead atoms. The van der Waals surface area contributed by atoms with Gasteiger partial charge >= 0.3 is 0 Å². The Bertz CT molecular complexity index is 607. The summed E-state index contributed by atoms with van der Waals surface area (Å²) in [5, 5.41) is 0. The summed E-state index contributed by atoms with van der Waals surface area (Å²) in [5.41, 5.74) is 10.1. The van der Waals surface area contributed by atoms with Crippen molar-refractivity contribution in [2.75, 3.05) is 5.73 Å². The van der Waals surface area contributed by atoms with Crippen molar-refractivity contribution >= 4 is 22.9 Å². The van der Waals surface area contributed by atoms with E-state index < -0.39 is 0 Å². The second-order valence-electron chi connectivity index (χ2n) is 4.99. The van der Waals surface area contributed by atoms with Crippen LogP contribution in [0.15, 0.2) is 29.8 Å². The second-order valence-corrected chi connectivity index (χ2v) is 5.85. The monoisotopic (exact) mass is 289 g/mol. The lowest BCUT2D eigenvalue weighted by Gasteiger charge is -2.27. The number of hydrogen-bond acceptors (Lipinski definition) is 4. The van der Waals surface area contributed by atoms with Gasteiger partial charge in [-0.15, -0.1) is 11.3 Å². The van der Waals surface area contributed by atoms with E-state index in [0.717, 1.165) is 11.3 Å². The topological polar surface area (TPSA) is 59.2 Å². The Labute approximate surface area is 123 Å². The van der Waals surface area contributed by atoms with Crippen LogP contribution in [0.2, 0.25) is 0 Å². The summed E-state index contributed by atoms with van der Waals surface area (Å²) >= 11 is 1.38. The number of benzene rings is 1. The number of amides is 1. The van der Waals surface area contributed by atoms with Crippen LogP contribution in [0.5, 0.6) is 0 Å². The molecule has 0 spiro atoms. The van der Waals surface area contributed by atoms with Gasteiger partial charge in [0.25, 0.3) is 5.91 Å². The maximum atomic E-state index is 12.6. The number of nitrogen functional groups attached to an aromatic ring is 1. The van der Waals surface area contributed by atoms with Crippen molar-refractivity contribution in [1.29, 1.82) is 0 Å². The maximum Gasteiger partial charge on any atom is 0.266 e. The Balaban J connectivity index is 2.27. The van der Waals surface area contributed by atoms with Crippen LogP contribution in [-0.2, 0) is 6.54 Å². The van der Waals surface area contributed by atoms with Crippen molar-refractivity contribution < 1.29 is 4.79 Å². The molecule has 1 amide bonds. The number of para-hydroxylation sites is 1.